The Hall–Kier alpha value is -2.70. The van der Waals surface area contributed by atoms with E-state index in [1.165, 1.54) is 0 Å². The largest absolute Gasteiger partial charge is 0.445 e. The molecule has 0 saturated carbocycles. The Morgan fingerprint density at radius 1 is 1.03 bits per heavy atom. The highest BCUT2D eigenvalue weighted by Crippen LogP contribution is 2.20. The molecule has 2 unspecified atom stereocenters. The average molecular weight is 459 g/mol. The Labute approximate surface area is 197 Å². The zero-order chi connectivity index (χ0) is 24.1. The van der Waals surface area contributed by atoms with Crippen LogP contribution in [0.15, 0.2) is 30.3 Å². The van der Waals surface area contributed by atoms with Crippen molar-refractivity contribution in [2.45, 2.75) is 84.3 Å². The van der Waals surface area contributed by atoms with Crippen LogP contribution in [-0.4, -0.2) is 36.2 Å². The molecule has 2 amide bonds. The van der Waals surface area contributed by atoms with Gasteiger partial charge in [0.1, 0.15) is 6.61 Å². The molecule has 2 atom stereocenters. The summed E-state index contributed by atoms with van der Waals surface area (Å²) in [5.74, 6) is -1.88. The number of carbonyl (C=O) groups is 4. The summed E-state index contributed by atoms with van der Waals surface area (Å²) in [7, 11) is 0. The Morgan fingerprint density at radius 2 is 1.70 bits per heavy atom. The van der Waals surface area contributed by atoms with E-state index in [1.807, 2.05) is 44.2 Å². The number of alkyl carbamates (subject to hydrolysis) is 1. The molecule has 7 nitrogen and oxygen atoms in total. The topological polar surface area (TPSA) is 102 Å². The third-order valence-corrected chi connectivity index (χ3v) is 5.91. The van der Waals surface area contributed by atoms with E-state index in [0.29, 0.717) is 19.4 Å². The maximum absolute atomic E-state index is 13.1. The van der Waals surface area contributed by atoms with Crippen LogP contribution in [0.4, 0.5) is 4.79 Å². The summed E-state index contributed by atoms with van der Waals surface area (Å²) in [6.45, 7) is 4.52. The van der Waals surface area contributed by atoms with Gasteiger partial charge in [-0.05, 0) is 30.7 Å². The minimum absolute atomic E-state index is 0.0530. The summed E-state index contributed by atoms with van der Waals surface area (Å²) in [5, 5.41) is 5.37. The first kappa shape index (κ1) is 26.6. The van der Waals surface area contributed by atoms with Gasteiger partial charge in [-0.2, -0.15) is 0 Å². The van der Waals surface area contributed by atoms with Gasteiger partial charge in [-0.15, -0.1) is 0 Å². The van der Waals surface area contributed by atoms with Crippen LogP contribution >= 0.6 is 0 Å². The third-order valence-electron chi connectivity index (χ3n) is 5.91. The van der Waals surface area contributed by atoms with Crippen molar-refractivity contribution < 1.29 is 23.9 Å². The van der Waals surface area contributed by atoms with Crippen molar-refractivity contribution in [3.8, 4) is 0 Å². The lowest BCUT2D eigenvalue weighted by Crippen LogP contribution is -2.44. The summed E-state index contributed by atoms with van der Waals surface area (Å²) in [4.78, 5) is 50.5. The van der Waals surface area contributed by atoms with Crippen molar-refractivity contribution in [1.82, 2.24) is 10.6 Å². The molecular formula is C26H38N2O5. The molecule has 1 aromatic carbocycles. The maximum Gasteiger partial charge on any atom is 0.408 e. The lowest BCUT2D eigenvalue weighted by atomic mass is 9.87. The minimum atomic E-state index is -0.759. The average Bonchev–Trinajstić information content (AvgIpc) is 2.79. The zero-order valence-electron chi connectivity index (χ0n) is 19.9. The number of hydrogen-bond acceptors (Lipinski definition) is 5. The second-order valence-corrected chi connectivity index (χ2v) is 9.29. The van der Waals surface area contributed by atoms with E-state index in [9.17, 15) is 19.2 Å². The first-order valence-electron chi connectivity index (χ1n) is 12.2. The van der Waals surface area contributed by atoms with Crippen molar-refractivity contribution in [2.75, 3.05) is 6.54 Å². The van der Waals surface area contributed by atoms with Gasteiger partial charge in [0.25, 0.3) is 5.91 Å². The molecule has 1 fully saturated rings. The first-order valence-corrected chi connectivity index (χ1v) is 12.2. The predicted molar refractivity (Wildman–Crippen MR) is 126 cm³/mol. The molecule has 2 rings (SSSR count). The smallest absolute Gasteiger partial charge is 0.408 e. The quantitative estimate of drug-likeness (QED) is 0.565. The first-order chi connectivity index (χ1) is 15.9. The molecule has 0 bridgehead atoms. The lowest BCUT2D eigenvalue weighted by Gasteiger charge is -2.22. The van der Waals surface area contributed by atoms with Gasteiger partial charge in [0.2, 0.25) is 5.78 Å². The summed E-state index contributed by atoms with van der Waals surface area (Å²) in [6.07, 6.45) is 6.11. The second-order valence-electron chi connectivity index (χ2n) is 9.29. The molecule has 0 aromatic heterocycles. The van der Waals surface area contributed by atoms with E-state index in [4.69, 9.17) is 4.74 Å². The van der Waals surface area contributed by atoms with Crippen LogP contribution in [-0.2, 0) is 25.7 Å². The number of amides is 2. The molecule has 2 N–H and O–H groups in total. The SMILES string of the molecule is CC(C)CC(NC(=O)OCc1ccccc1)C(=O)CC1CCCCCCCCNC(=O)C1=O. The second kappa shape index (κ2) is 14.4. The highest BCUT2D eigenvalue weighted by molar-refractivity contribution is 6.37. The molecule has 182 valence electrons. The van der Waals surface area contributed by atoms with Crippen LogP contribution in [0.25, 0.3) is 0 Å². The maximum atomic E-state index is 13.1. The summed E-state index contributed by atoms with van der Waals surface area (Å²) in [6, 6.07) is 8.54. The molecule has 1 aromatic rings. The number of ketones is 2. The standard InChI is InChI=1S/C26H38N2O5/c1-19(2)16-22(28-26(32)33-18-20-12-8-7-9-13-20)23(29)17-21-14-10-5-3-4-6-11-15-27-25(31)24(21)30/h7-9,12-13,19,21-22H,3-6,10-11,14-18H2,1-2H3,(H,27,31)(H,28,32). The molecule has 1 aliphatic heterocycles. The van der Waals surface area contributed by atoms with Gasteiger partial charge in [0.05, 0.1) is 6.04 Å². The van der Waals surface area contributed by atoms with E-state index in [-0.39, 0.29) is 24.7 Å². The number of nitrogens with one attached hydrogen (secondary N) is 2. The molecule has 0 aliphatic carbocycles. The third kappa shape index (κ3) is 10.2. The number of hydrogen-bond donors (Lipinski definition) is 2. The number of ether oxygens (including phenoxy) is 1. The van der Waals surface area contributed by atoms with Crippen LogP contribution in [0.2, 0.25) is 0 Å². The van der Waals surface area contributed by atoms with Gasteiger partial charge in [-0.3, -0.25) is 14.4 Å². The van der Waals surface area contributed by atoms with Gasteiger partial charge in [-0.1, -0.05) is 76.3 Å². The van der Waals surface area contributed by atoms with Gasteiger partial charge in [-0.25, -0.2) is 4.79 Å². The molecule has 0 spiro atoms. The number of Topliss-reactive ketones (excluding diaryl/α,β-unsaturated/α-hetero) is 2. The summed E-state index contributed by atoms with van der Waals surface area (Å²) < 4.78 is 5.28. The summed E-state index contributed by atoms with van der Waals surface area (Å²) in [5.41, 5.74) is 0.851. The van der Waals surface area contributed by atoms with Crippen LogP contribution in [0, 0.1) is 11.8 Å². The number of carbonyl (C=O) groups excluding carboxylic acids is 4. The minimum Gasteiger partial charge on any atom is -0.445 e. The van der Waals surface area contributed by atoms with Gasteiger partial charge in [0.15, 0.2) is 5.78 Å². The van der Waals surface area contributed by atoms with E-state index in [1.54, 1.807) is 0 Å². The van der Waals surface area contributed by atoms with Crippen molar-refractivity contribution in [3.63, 3.8) is 0 Å². The monoisotopic (exact) mass is 458 g/mol. The van der Waals surface area contributed by atoms with Crippen molar-refractivity contribution >= 4 is 23.6 Å². The fourth-order valence-electron chi connectivity index (χ4n) is 4.06. The van der Waals surface area contributed by atoms with Crippen LogP contribution in [0.3, 0.4) is 0 Å². The lowest BCUT2D eigenvalue weighted by molar-refractivity contribution is -0.141. The molecule has 7 heteroatoms. The van der Waals surface area contributed by atoms with Crippen LogP contribution in [0.1, 0.15) is 77.2 Å². The molecule has 1 saturated heterocycles. The Kier molecular flexibility index (Phi) is 11.6. The van der Waals surface area contributed by atoms with Gasteiger partial charge >= 0.3 is 6.09 Å². The molecular weight excluding hydrogens is 420 g/mol. The van der Waals surface area contributed by atoms with Crippen molar-refractivity contribution in [1.29, 1.82) is 0 Å². The molecule has 0 radical (unpaired) electrons. The Bertz CT molecular complexity index is 778. The van der Waals surface area contributed by atoms with E-state index in [0.717, 1.165) is 44.1 Å². The van der Waals surface area contributed by atoms with Crippen LogP contribution < -0.4 is 10.6 Å². The van der Waals surface area contributed by atoms with E-state index >= 15 is 0 Å². The Balaban J connectivity index is 2.00. The Morgan fingerprint density at radius 3 is 2.39 bits per heavy atom. The fraction of sp³-hybridized carbons (Fsp3) is 0.615. The van der Waals surface area contributed by atoms with E-state index < -0.39 is 29.7 Å². The van der Waals surface area contributed by atoms with Crippen molar-refractivity contribution in [3.05, 3.63) is 35.9 Å². The number of rotatable bonds is 8. The predicted octanol–water partition coefficient (Wildman–Crippen LogP) is 4.33. The fourth-order valence-corrected chi connectivity index (χ4v) is 4.06. The normalized spacial score (nSPS) is 19.1. The molecule has 1 aliphatic rings. The van der Waals surface area contributed by atoms with Gasteiger partial charge in [0, 0.05) is 18.9 Å². The highest BCUT2D eigenvalue weighted by Gasteiger charge is 2.31. The molecule has 1 heterocycles. The van der Waals surface area contributed by atoms with E-state index in [2.05, 4.69) is 10.6 Å². The van der Waals surface area contributed by atoms with Gasteiger partial charge < -0.3 is 15.4 Å². The molecule has 33 heavy (non-hydrogen) atoms. The zero-order valence-corrected chi connectivity index (χ0v) is 19.9. The van der Waals surface area contributed by atoms with Crippen molar-refractivity contribution in [2.24, 2.45) is 11.8 Å². The van der Waals surface area contributed by atoms with Crippen LogP contribution in [0.5, 0.6) is 0 Å². The highest BCUT2D eigenvalue weighted by atomic mass is 16.5. The summed E-state index contributed by atoms with van der Waals surface area (Å²) >= 11 is 0. The number of benzene rings is 1.